The number of hydrogen-bond acceptors (Lipinski definition) is 2. The van der Waals surface area contributed by atoms with Gasteiger partial charge in [-0.25, -0.2) is 0 Å². The molecular formula is C20H24OS. The van der Waals surface area contributed by atoms with Gasteiger partial charge >= 0.3 is 0 Å². The van der Waals surface area contributed by atoms with Gasteiger partial charge in [0.05, 0.1) is 12.4 Å². The smallest absolute Gasteiger partial charge is 0.118 e. The lowest BCUT2D eigenvalue weighted by Crippen LogP contribution is -2.11. The summed E-state index contributed by atoms with van der Waals surface area (Å²) in [7, 11) is 1.72. The first-order valence-electron chi connectivity index (χ1n) is 8.21. The lowest BCUT2D eigenvalue weighted by molar-refractivity contribution is 0.414. The molecule has 1 nitrogen and oxygen atoms in total. The van der Waals surface area contributed by atoms with E-state index in [9.17, 15) is 0 Å². The molecule has 2 heteroatoms. The van der Waals surface area contributed by atoms with Crippen LogP contribution in [0, 0.1) is 0 Å². The van der Waals surface area contributed by atoms with E-state index in [-0.39, 0.29) is 0 Å². The van der Waals surface area contributed by atoms with Crippen LogP contribution in [-0.2, 0) is 0 Å². The van der Waals surface area contributed by atoms with E-state index in [1.807, 2.05) is 0 Å². The molecule has 116 valence electrons. The molecule has 2 aromatic rings. The summed E-state index contributed by atoms with van der Waals surface area (Å²) in [6.07, 6.45) is 6.92. The number of rotatable bonds is 5. The molecule has 1 aliphatic carbocycles. The Balaban J connectivity index is 1.84. The van der Waals surface area contributed by atoms with Gasteiger partial charge in [0.25, 0.3) is 0 Å². The topological polar surface area (TPSA) is 9.23 Å². The summed E-state index contributed by atoms with van der Waals surface area (Å²) in [4.78, 5) is 0. The zero-order valence-electron chi connectivity index (χ0n) is 13.2. The first-order valence-corrected chi connectivity index (χ1v) is 9.15. The van der Waals surface area contributed by atoms with Crippen molar-refractivity contribution in [2.75, 3.05) is 7.11 Å². The average Bonchev–Trinajstić information content (AvgIpc) is 2.61. The highest BCUT2D eigenvalue weighted by molar-refractivity contribution is 8.00. The molecule has 1 saturated carbocycles. The van der Waals surface area contributed by atoms with E-state index in [1.165, 1.54) is 43.2 Å². The third-order valence-electron chi connectivity index (χ3n) is 4.40. The normalized spacial score (nSPS) is 17.1. The molecule has 0 aliphatic heterocycles. The molecule has 2 aromatic carbocycles. The molecule has 0 radical (unpaired) electrons. The van der Waals surface area contributed by atoms with Crippen LogP contribution in [0.2, 0.25) is 0 Å². The van der Waals surface area contributed by atoms with Crippen LogP contribution in [-0.4, -0.2) is 12.4 Å². The summed E-state index contributed by atoms with van der Waals surface area (Å²) in [6, 6.07) is 19.5. The number of methoxy groups -OCH3 is 1. The summed E-state index contributed by atoms with van der Waals surface area (Å²) < 4.78 is 5.30. The van der Waals surface area contributed by atoms with Gasteiger partial charge in [0.2, 0.25) is 0 Å². The zero-order chi connectivity index (χ0) is 15.2. The summed E-state index contributed by atoms with van der Waals surface area (Å²) in [5.41, 5.74) is 2.78. The number of hydrogen-bond donors (Lipinski definition) is 0. The largest absolute Gasteiger partial charge is 0.497 e. The van der Waals surface area contributed by atoms with Crippen molar-refractivity contribution in [3.05, 3.63) is 65.7 Å². The minimum atomic E-state index is 0.426. The third kappa shape index (κ3) is 3.86. The van der Waals surface area contributed by atoms with E-state index in [2.05, 4.69) is 66.4 Å². The molecule has 0 amide bonds. The van der Waals surface area contributed by atoms with E-state index < -0.39 is 0 Å². The van der Waals surface area contributed by atoms with Gasteiger partial charge in [0, 0.05) is 5.25 Å². The maximum Gasteiger partial charge on any atom is 0.118 e. The van der Waals surface area contributed by atoms with Crippen molar-refractivity contribution < 1.29 is 4.74 Å². The van der Waals surface area contributed by atoms with E-state index >= 15 is 0 Å². The van der Waals surface area contributed by atoms with Gasteiger partial charge in [-0.2, -0.15) is 0 Å². The van der Waals surface area contributed by atoms with Crippen molar-refractivity contribution in [1.29, 1.82) is 0 Å². The van der Waals surface area contributed by atoms with Crippen LogP contribution in [0.1, 0.15) is 48.5 Å². The predicted octanol–water partition coefficient (Wildman–Crippen LogP) is 5.85. The molecule has 0 spiro atoms. The van der Waals surface area contributed by atoms with E-state index in [1.54, 1.807) is 7.11 Å². The predicted molar refractivity (Wildman–Crippen MR) is 95.7 cm³/mol. The second kappa shape index (κ2) is 7.73. The fourth-order valence-corrected chi connectivity index (χ4v) is 4.77. The van der Waals surface area contributed by atoms with Crippen molar-refractivity contribution in [2.24, 2.45) is 0 Å². The van der Waals surface area contributed by atoms with Crippen LogP contribution in [0.15, 0.2) is 54.6 Å². The Morgan fingerprint density at radius 1 is 0.864 bits per heavy atom. The van der Waals surface area contributed by atoms with Crippen molar-refractivity contribution in [3.63, 3.8) is 0 Å². The Labute approximate surface area is 138 Å². The van der Waals surface area contributed by atoms with E-state index in [0.29, 0.717) is 5.25 Å². The highest BCUT2D eigenvalue weighted by atomic mass is 32.2. The minimum absolute atomic E-state index is 0.426. The van der Waals surface area contributed by atoms with Gasteiger partial charge in [0.1, 0.15) is 5.75 Å². The third-order valence-corrected chi connectivity index (χ3v) is 6.07. The quantitative estimate of drug-likeness (QED) is 0.685. The van der Waals surface area contributed by atoms with Crippen LogP contribution < -0.4 is 4.74 Å². The van der Waals surface area contributed by atoms with E-state index in [0.717, 1.165) is 11.0 Å². The maximum absolute atomic E-state index is 5.30. The van der Waals surface area contributed by atoms with Gasteiger partial charge in [-0.1, -0.05) is 61.7 Å². The molecular weight excluding hydrogens is 288 g/mol. The van der Waals surface area contributed by atoms with Gasteiger partial charge in [-0.15, -0.1) is 11.8 Å². The second-order valence-electron chi connectivity index (χ2n) is 5.96. The van der Waals surface area contributed by atoms with Gasteiger partial charge in [-0.3, -0.25) is 0 Å². The summed E-state index contributed by atoms with van der Waals surface area (Å²) in [5, 5.41) is 1.22. The summed E-state index contributed by atoms with van der Waals surface area (Å²) >= 11 is 2.14. The van der Waals surface area contributed by atoms with Crippen LogP contribution in [0.3, 0.4) is 0 Å². The van der Waals surface area contributed by atoms with Crippen molar-refractivity contribution >= 4 is 11.8 Å². The average molecular weight is 312 g/mol. The number of ether oxygens (including phenoxy) is 1. The van der Waals surface area contributed by atoms with E-state index in [4.69, 9.17) is 4.74 Å². The Bertz CT molecular complexity index is 558. The molecule has 1 atom stereocenters. The minimum Gasteiger partial charge on any atom is -0.497 e. The van der Waals surface area contributed by atoms with Crippen LogP contribution in [0.4, 0.5) is 0 Å². The van der Waals surface area contributed by atoms with Gasteiger partial charge in [-0.05, 0) is 36.1 Å². The molecule has 1 unspecified atom stereocenters. The number of thioether (sulfide) groups is 1. The highest BCUT2D eigenvalue weighted by Crippen LogP contribution is 2.42. The fraction of sp³-hybridized carbons (Fsp3) is 0.400. The SMILES string of the molecule is COc1ccc(C(SC2CCCCC2)c2ccccc2)cc1. The zero-order valence-corrected chi connectivity index (χ0v) is 14.0. The summed E-state index contributed by atoms with van der Waals surface area (Å²) in [6.45, 7) is 0. The maximum atomic E-state index is 5.30. The van der Waals surface area contributed by atoms with Crippen LogP contribution in [0.25, 0.3) is 0 Å². The molecule has 1 aliphatic rings. The molecule has 3 rings (SSSR count). The van der Waals surface area contributed by atoms with Crippen molar-refractivity contribution in [1.82, 2.24) is 0 Å². The van der Waals surface area contributed by atoms with Crippen molar-refractivity contribution in [2.45, 2.75) is 42.6 Å². The van der Waals surface area contributed by atoms with Gasteiger partial charge in [0.15, 0.2) is 0 Å². The monoisotopic (exact) mass is 312 g/mol. The Hall–Kier alpha value is -1.41. The fourth-order valence-electron chi connectivity index (χ4n) is 3.15. The molecule has 0 aromatic heterocycles. The lowest BCUT2D eigenvalue weighted by Gasteiger charge is -2.27. The molecule has 1 fully saturated rings. The molecule has 0 N–H and O–H groups in total. The Kier molecular flexibility index (Phi) is 5.44. The highest BCUT2D eigenvalue weighted by Gasteiger charge is 2.22. The molecule has 0 heterocycles. The van der Waals surface area contributed by atoms with Gasteiger partial charge < -0.3 is 4.74 Å². The second-order valence-corrected chi connectivity index (χ2v) is 7.37. The lowest BCUT2D eigenvalue weighted by atomic mass is 10.0. The first kappa shape index (κ1) is 15.5. The van der Waals surface area contributed by atoms with Crippen LogP contribution in [0.5, 0.6) is 5.75 Å². The molecule has 22 heavy (non-hydrogen) atoms. The van der Waals surface area contributed by atoms with Crippen molar-refractivity contribution in [3.8, 4) is 5.75 Å². The Morgan fingerprint density at radius 3 is 2.14 bits per heavy atom. The summed E-state index contributed by atoms with van der Waals surface area (Å²) in [5.74, 6) is 0.929. The van der Waals surface area contributed by atoms with Crippen LogP contribution >= 0.6 is 11.8 Å². The molecule has 0 bridgehead atoms. The Morgan fingerprint density at radius 2 is 1.50 bits per heavy atom. The first-order chi connectivity index (χ1) is 10.9. The molecule has 0 saturated heterocycles. The number of benzene rings is 2. The standard InChI is InChI=1S/C20H24OS/c1-21-18-14-12-17(13-15-18)20(16-8-4-2-5-9-16)22-19-10-6-3-7-11-19/h2,4-5,8-9,12-15,19-20H,3,6-7,10-11H2,1H3.